The number of nitrogens with zero attached hydrogens (tertiary/aromatic N) is 4. The molecule has 2 saturated heterocycles. The topological polar surface area (TPSA) is 150 Å². The molecule has 1 aromatic rings. The van der Waals surface area contributed by atoms with Crippen molar-refractivity contribution in [2.24, 2.45) is 11.3 Å². The average Bonchev–Trinajstić information content (AvgIpc) is 3.58. The molecule has 6 atom stereocenters. The summed E-state index contributed by atoms with van der Waals surface area (Å²) in [5.74, 6) is -1.52. The zero-order valence-electron chi connectivity index (χ0n) is 24.8. The van der Waals surface area contributed by atoms with Gasteiger partial charge in [0, 0.05) is 12.5 Å². The molecule has 3 aliphatic rings. The zero-order valence-corrected chi connectivity index (χ0v) is 24.8. The highest BCUT2D eigenvalue weighted by atomic mass is 19.1. The highest BCUT2D eigenvalue weighted by molar-refractivity contribution is 5.95. The standard InChI is InChI=1S/C29H42FN7O5/c1-5-18(2)24(36(4)23(38)10-13-42-14-12-30)27(40)33-21-9-8-19-7-6-11-29(3)15-22(37(25(19)29)28(21)41)26(39)31-16-20-17-32-35-34-20/h6-7,11,17-18,21-22,24-25H,5,8-10,12-16H2,1-4H3,(H,31,39)(H,33,40)(H,32,34,35)/t18-,21-,22-,24-,25?,29?/m0/s1. The molecule has 12 nitrogen and oxygen atoms in total. The molecule has 0 saturated carbocycles. The minimum Gasteiger partial charge on any atom is -0.378 e. The first-order valence-electron chi connectivity index (χ1n) is 14.6. The molecular weight excluding hydrogens is 545 g/mol. The smallest absolute Gasteiger partial charge is 0.246 e. The Bertz CT molecular complexity index is 1200. The predicted molar refractivity (Wildman–Crippen MR) is 151 cm³/mol. The van der Waals surface area contributed by atoms with E-state index in [0.29, 0.717) is 31.4 Å². The molecule has 13 heteroatoms. The zero-order chi connectivity index (χ0) is 30.4. The molecule has 1 aromatic heterocycles. The van der Waals surface area contributed by atoms with Crippen LogP contribution in [0.5, 0.6) is 0 Å². The minimum atomic E-state index is -0.861. The summed E-state index contributed by atoms with van der Waals surface area (Å²) in [4.78, 5) is 57.3. The Morgan fingerprint density at radius 1 is 1.33 bits per heavy atom. The molecule has 2 fully saturated rings. The highest BCUT2D eigenvalue weighted by Gasteiger charge is 2.56. The van der Waals surface area contributed by atoms with Crippen LogP contribution in [0.3, 0.4) is 0 Å². The van der Waals surface area contributed by atoms with Gasteiger partial charge < -0.3 is 25.2 Å². The summed E-state index contributed by atoms with van der Waals surface area (Å²) < 4.78 is 17.5. The normalized spacial score (nSPS) is 26.1. The fourth-order valence-electron chi connectivity index (χ4n) is 6.39. The number of carbonyl (C=O) groups excluding carboxylic acids is 4. The second kappa shape index (κ2) is 13.6. The van der Waals surface area contributed by atoms with Crippen molar-refractivity contribution in [1.82, 2.24) is 35.8 Å². The fraction of sp³-hybridized carbons (Fsp3) is 0.655. The summed E-state index contributed by atoms with van der Waals surface area (Å²) in [6, 6.07) is -2.70. The van der Waals surface area contributed by atoms with E-state index in [1.807, 2.05) is 26.0 Å². The van der Waals surface area contributed by atoms with E-state index in [9.17, 15) is 23.6 Å². The van der Waals surface area contributed by atoms with E-state index < -0.39 is 36.1 Å². The lowest BCUT2D eigenvalue weighted by molar-refractivity contribution is -0.145. The largest absolute Gasteiger partial charge is 0.378 e. The third-order valence-corrected chi connectivity index (χ3v) is 8.76. The number of H-pyrrole nitrogens is 1. The van der Waals surface area contributed by atoms with E-state index in [-0.39, 0.29) is 55.9 Å². The van der Waals surface area contributed by atoms with Crippen LogP contribution in [0, 0.1) is 11.3 Å². The van der Waals surface area contributed by atoms with Crippen molar-refractivity contribution in [2.45, 2.75) is 83.6 Å². The number of carbonyl (C=O) groups is 4. The Labute approximate surface area is 245 Å². The van der Waals surface area contributed by atoms with Gasteiger partial charge in [0.25, 0.3) is 0 Å². The quantitative estimate of drug-likeness (QED) is 0.296. The van der Waals surface area contributed by atoms with Crippen molar-refractivity contribution < 1.29 is 28.3 Å². The van der Waals surface area contributed by atoms with Crippen molar-refractivity contribution in [3.05, 3.63) is 35.7 Å². The van der Waals surface area contributed by atoms with Gasteiger partial charge in [-0.2, -0.15) is 15.4 Å². The van der Waals surface area contributed by atoms with Crippen LogP contribution in [0.4, 0.5) is 4.39 Å². The van der Waals surface area contributed by atoms with Gasteiger partial charge in [0.15, 0.2) is 0 Å². The summed E-state index contributed by atoms with van der Waals surface area (Å²) in [6.45, 7) is 5.38. The lowest BCUT2D eigenvalue weighted by Crippen LogP contribution is -2.58. The molecule has 0 radical (unpaired) electrons. The van der Waals surface area contributed by atoms with Crippen molar-refractivity contribution in [2.75, 3.05) is 26.9 Å². The maximum absolute atomic E-state index is 14.2. The van der Waals surface area contributed by atoms with E-state index in [1.54, 1.807) is 11.9 Å². The van der Waals surface area contributed by atoms with Crippen molar-refractivity contribution in [1.29, 1.82) is 0 Å². The summed E-state index contributed by atoms with van der Waals surface area (Å²) in [5.41, 5.74) is 1.20. The number of hydrogen-bond acceptors (Lipinski definition) is 7. The SMILES string of the molecule is CC[C@H](C)[C@@H](C(=O)N[C@H]1CCC2=CC=CC3(C)C[C@@H](C(=O)NCc4cn[nH]n4)N(C1=O)C23)N(C)C(=O)CCOCCF. The third kappa shape index (κ3) is 6.55. The Hall–Kier alpha value is -3.61. The number of amides is 4. The van der Waals surface area contributed by atoms with Gasteiger partial charge in [-0.1, -0.05) is 45.4 Å². The van der Waals surface area contributed by atoms with Gasteiger partial charge in [-0.05, 0) is 30.8 Å². The molecule has 3 N–H and O–H groups in total. The van der Waals surface area contributed by atoms with Crippen molar-refractivity contribution in [3.63, 3.8) is 0 Å². The van der Waals surface area contributed by atoms with Crippen LogP contribution < -0.4 is 10.6 Å². The first-order chi connectivity index (χ1) is 20.1. The van der Waals surface area contributed by atoms with Crippen LogP contribution in [-0.4, -0.2) is 99.9 Å². The molecule has 2 aliphatic heterocycles. The highest BCUT2D eigenvalue weighted by Crippen LogP contribution is 2.49. The molecule has 4 rings (SSSR count). The number of nitrogens with one attached hydrogen (secondary N) is 3. The van der Waals surface area contributed by atoms with Gasteiger partial charge in [-0.15, -0.1) is 0 Å². The van der Waals surface area contributed by atoms with Gasteiger partial charge >= 0.3 is 0 Å². The lowest BCUT2D eigenvalue weighted by Gasteiger charge is -2.37. The van der Waals surface area contributed by atoms with Gasteiger partial charge in [-0.25, -0.2) is 4.39 Å². The molecule has 230 valence electrons. The number of hydrogen-bond donors (Lipinski definition) is 3. The number of likely N-dealkylation sites (N-methyl/N-ethyl adjacent to an activating group) is 1. The number of allylic oxidation sites excluding steroid dienone is 2. The molecule has 0 bridgehead atoms. The molecule has 3 heterocycles. The summed E-state index contributed by atoms with van der Waals surface area (Å²) in [5, 5.41) is 16.1. The van der Waals surface area contributed by atoms with Crippen LogP contribution in [0.2, 0.25) is 0 Å². The van der Waals surface area contributed by atoms with E-state index >= 15 is 0 Å². The summed E-state index contributed by atoms with van der Waals surface area (Å²) in [6.07, 6.45) is 9.62. The van der Waals surface area contributed by atoms with Crippen LogP contribution in [0.15, 0.2) is 30.0 Å². The Balaban J connectivity index is 1.53. The van der Waals surface area contributed by atoms with E-state index in [0.717, 1.165) is 5.57 Å². The van der Waals surface area contributed by atoms with E-state index in [2.05, 4.69) is 39.0 Å². The predicted octanol–water partition coefficient (Wildman–Crippen LogP) is 1.42. The van der Waals surface area contributed by atoms with Gasteiger partial charge in [-0.3, -0.25) is 19.2 Å². The first kappa shape index (κ1) is 31.3. The van der Waals surface area contributed by atoms with Crippen molar-refractivity contribution in [3.8, 4) is 0 Å². The summed E-state index contributed by atoms with van der Waals surface area (Å²) >= 11 is 0. The van der Waals surface area contributed by atoms with Gasteiger partial charge in [0.05, 0.1) is 38.4 Å². The van der Waals surface area contributed by atoms with Crippen LogP contribution in [0.1, 0.15) is 58.6 Å². The second-order valence-electron chi connectivity index (χ2n) is 11.6. The number of rotatable bonds is 13. The summed E-state index contributed by atoms with van der Waals surface area (Å²) in [7, 11) is 1.56. The Kier molecular flexibility index (Phi) is 10.1. The number of ether oxygens (including phenoxy) is 1. The maximum atomic E-state index is 14.2. The lowest BCUT2D eigenvalue weighted by atomic mass is 9.74. The van der Waals surface area contributed by atoms with Crippen LogP contribution in [-0.2, 0) is 30.5 Å². The Morgan fingerprint density at radius 3 is 2.81 bits per heavy atom. The number of halogens is 1. The molecule has 0 spiro atoms. The molecular formula is C29H42FN7O5. The van der Waals surface area contributed by atoms with Gasteiger partial charge in [0.1, 0.15) is 30.5 Å². The average molecular weight is 588 g/mol. The van der Waals surface area contributed by atoms with Gasteiger partial charge in [0.2, 0.25) is 23.6 Å². The third-order valence-electron chi connectivity index (χ3n) is 8.76. The molecule has 0 aromatic carbocycles. The minimum absolute atomic E-state index is 0.0133. The fourth-order valence-corrected chi connectivity index (χ4v) is 6.39. The first-order valence-corrected chi connectivity index (χ1v) is 14.6. The van der Waals surface area contributed by atoms with E-state index in [4.69, 9.17) is 4.74 Å². The maximum Gasteiger partial charge on any atom is 0.246 e. The second-order valence-corrected chi connectivity index (χ2v) is 11.6. The Morgan fingerprint density at radius 2 is 2.12 bits per heavy atom. The molecule has 42 heavy (non-hydrogen) atoms. The number of alkyl halides is 1. The monoisotopic (exact) mass is 587 g/mol. The molecule has 2 unspecified atom stereocenters. The molecule has 4 amide bonds. The number of aromatic nitrogens is 3. The molecule has 1 aliphatic carbocycles. The van der Waals surface area contributed by atoms with Crippen LogP contribution in [0.25, 0.3) is 0 Å². The van der Waals surface area contributed by atoms with E-state index in [1.165, 1.54) is 11.1 Å². The van der Waals surface area contributed by atoms with Crippen molar-refractivity contribution >= 4 is 23.6 Å². The van der Waals surface area contributed by atoms with Crippen LogP contribution >= 0.6 is 0 Å². The number of aromatic amines is 1.